The molecule has 1 heterocycles. The van der Waals surface area contributed by atoms with E-state index in [1.807, 2.05) is 0 Å². The highest BCUT2D eigenvalue weighted by molar-refractivity contribution is 6.30. The molecule has 1 aromatic heterocycles. The lowest BCUT2D eigenvalue weighted by Crippen LogP contribution is -2.03. The Morgan fingerprint density at radius 1 is 1.26 bits per heavy atom. The summed E-state index contributed by atoms with van der Waals surface area (Å²) in [6.07, 6.45) is 2.16. The van der Waals surface area contributed by atoms with E-state index in [4.69, 9.17) is 17.3 Å². The summed E-state index contributed by atoms with van der Waals surface area (Å²) in [5, 5.41) is 3.34. The van der Waals surface area contributed by atoms with Crippen LogP contribution in [0.5, 0.6) is 0 Å². The van der Waals surface area contributed by atoms with Crippen LogP contribution in [0, 0.1) is 5.82 Å². The summed E-state index contributed by atoms with van der Waals surface area (Å²) in [6, 6.07) is 5.88. The van der Waals surface area contributed by atoms with E-state index in [0.29, 0.717) is 28.4 Å². The second-order valence-corrected chi connectivity index (χ2v) is 5.00. The Kier molecular flexibility index (Phi) is 2.98. The van der Waals surface area contributed by atoms with E-state index >= 15 is 0 Å². The highest BCUT2D eigenvalue weighted by Crippen LogP contribution is 2.38. The highest BCUT2D eigenvalue weighted by Gasteiger charge is 2.27. The van der Waals surface area contributed by atoms with Crippen LogP contribution in [0.3, 0.4) is 0 Å². The van der Waals surface area contributed by atoms with E-state index in [1.165, 1.54) is 18.2 Å². The van der Waals surface area contributed by atoms with Crippen LogP contribution in [0.4, 0.5) is 21.7 Å². The smallest absolute Gasteiger partial charge is 0.146 e. The third-order valence-electron chi connectivity index (χ3n) is 2.90. The summed E-state index contributed by atoms with van der Waals surface area (Å²) in [5.41, 5.74) is 6.01. The third-order valence-corrected chi connectivity index (χ3v) is 3.13. The summed E-state index contributed by atoms with van der Waals surface area (Å²) < 4.78 is 13.6. The van der Waals surface area contributed by atoms with Crippen molar-refractivity contribution >= 4 is 28.9 Å². The molecule has 3 rings (SSSR count). The molecule has 0 radical (unpaired) electrons. The van der Waals surface area contributed by atoms with Gasteiger partial charge in [0.15, 0.2) is 0 Å². The minimum absolute atomic E-state index is 0.271. The number of nitrogens with two attached hydrogens (primary N) is 1. The predicted molar refractivity (Wildman–Crippen MR) is 73.1 cm³/mol. The molecule has 1 aliphatic rings. The molecule has 98 valence electrons. The molecular weight excluding hydrogens is 267 g/mol. The quantitative estimate of drug-likeness (QED) is 0.902. The second kappa shape index (κ2) is 4.66. The van der Waals surface area contributed by atoms with Crippen molar-refractivity contribution < 1.29 is 4.39 Å². The first kappa shape index (κ1) is 12.2. The summed E-state index contributed by atoms with van der Waals surface area (Å²) in [4.78, 5) is 8.53. The lowest BCUT2D eigenvalue weighted by Gasteiger charge is -2.09. The molecule has 1 saturated carbocycles. The van der Waals surface area contributed by atoms with Crippen LogP contribution in [-0.2, 0) is 0 Å². The van der Waals surface area contributed by atoms with Crippen molar-refractivity contribution in [2.75, 3.05) is 11.1 Å². The van der Waals surface area contributed by atoms with Gasteiger partial charge in [0, 0.05) is 17.0 Å². The van der Waals surface area contributed by atoms with E-state index < -0.39 is 5.82 Å². The molecule has 2 aromatic rings. The van der Waals surface area contributed by atoms with Crippen molar-refractivity contribution in [3.05, 3.63) is 40.9 Å². The third kappa shape index (κ3) is 2.76. The van der Waals surface area contributed by atoms with Crippen molar-refractivity contribution in [3.63, 3.8) is 0 Å². The average molecular weight is 279 g/mol. The maximum absolute atomic E-state index is 13.6. The largest absolute Gasteiger partial charge is 0.384 e. The van der Waals surface area contributed by atoms with Crippen molar-refractivity contribution in [1.82, 2.24) is 9.97 Å². The molecule has 1 aliphatic carbocycles. The molecule has 0 amide bonds. The summed E-state index contributed by atoms with van der Waals surface area (Å²) in [5.74, 6) is 1.56. The molecular formula is C13H12ClFN4. The van der Waals surface area contributed by atoms with Gasteiger partial charge in [-0.3, -0.25) is 0 Å². The molecule has 0 saturated heterocycles. The number of nitrogens with zero attached hydrogens (tertiary/aromatic N) is 2. The number of halogens is 2. The van der Waals surface area contributed by atoms with Crippen molar-refractivity contribution in [1.29, 1.82) is 0 Å². The zero-order valence-electron chi connectivity index (χ0n) is 10.0. The van der Waals surface area contributed by atoms with E-state index in [-0.39, 0.29) is 5.69 Å². The van der Waals surface area contributed by atoms with Gasteiger partial charge in [0.2, 0.25) is 0 Å². The second-order valence-electron chi connectivity index (χ2n) is 4.56. The Morgan fingerprint density at radius 2 is 2.05 bits per heavy atom. The van der Waals surface area contributed by atoms with Gasteiger partial charge < -0.3 is 11.1 Å². The van der Waals surface area contributed by atoms with Crippen LogP contribution in [0.2, 0.25) is 5.02 Å². The van der Waals surface area contributed by atoms with E-state index in [2.05, 4.69) is 15.3 Å². The molecule has 0 aliphatic heterocycles. The fraction of sp³-hybridized carbons (Fsp3) is 0.231. The molecule has 1 fully saturated rings. The normalized spacial score (nSPS) is 14.4. The van der Waals surface area contributed by atoms with Crippen LogP contribution < -0.4 is 11.1 Å². The van der Waals surface area contributed by atoms with Crippen molar-refractivity contribution in [2.24, 2.45) is 0 Å². The standard InChI is InChI=1S/C13H12ClFN4/c14-8-3-4-9(15)10(5-8)17-12-6-11(16)18-13(19-12)7-1-2-7/h3-7H,1-2H2,(H3,16,17,18,19). The van der Waals surface area contributed by atoms with Crippen LogP contribution in [0.1, 0.15) is 24.6 Å². The van der Waals surface area contributed by atoms with E-state index in [1.54, 1.807) is 6.07 Å². The SMILES string of the molecule is Nc1cc(Nc2cc(Cl)ccc2F)nc(C2CC2)n1. The molecule has 19 heavy (non-hydrogen) atoms. The van der Waals surface area contributed by atoms with Gasteiger partial charge in [0.25, 0.3) is 0 Å². The Balaban J connectivity index is 1.92. The van der Waals surface area contributed by atoms with Gasteiger partial charge in [-0.05, 0) is 31.0 Å². The molecule has 0 unspecified atom stereocenters. The lowest BCUT2D eigenvalue weighted by molar-refractivity contribution is 0.632. The van der Waals surface area contributed by atoms with Gasteiger partial charge in [0.05, 0.1) is 5.69 Å². The monoisotopic (exact) mass is 278 g/mol. The first-order chi connectivity index (χ1) is 9.11. The number of nitrogen functional groups attached to an aromatic ring is 1. The van der Waals surface area contributed by atoms with Crippen LogP contribution in [0.25, 0.3) is 0 Å². The minimum Gasteiger partial charge on any atom is -0.384 e. The van der Waals surface area contributed by atoms with Crippen molar-refractivity contribution in [2.45, 2.75) is 18.8 Å². The fourth-order valence-corrected chi connectivity index (χ4v) is 1.98. The first-order valence-corrected chi connectivity index (χ1v) is 6.36. The number of benzene rings is 1. The number of aromatic nitrogens is 2. The highest BCUT2D eigenvalue weighted by atomic mass is 35.5. The molecule has 0 bridgehead atoms. The molecule has 1 aromatic carbocycles. The zero-order chi connectivity index (χ0) is 13.4. The van der Waals surface area contributed by atoms with Crippen LogP contribution in [-0.4, -0.2) is 9.97 Å². The number of rotatable bonds is 3. The van der Waals surface area contributed by atoms with Crippen LogP contribution >= 0.6 is 11.6 Å². The van der Waals surface area contributed by atoms with Gasteiger partial charge in [-0.2, -0.15) is 0 Å². The Hall–Kier alpha value is -1.88. The molecule has 4 nitrogen and oxygen atoms in total. The average Bonchev–Trinajstić information content (AvgIpc) is 3.17. The summed E-state index contributed by atoms with van der Waals surface area (Å²) in [7, 11) is 0. The van der Waals surface area contributed by atoms with E-state index in [9.17, 15) is 4.39 Å². The van der Waals surface area contributed by atoms with Gasteiger partial charge in [0.1, 0.15) is 23.3 Å². The molecule has 0 spiro atoms. The lowest BCUT2D eigenvalue weighted by atomic mass is 10.3. The minimum atomic E-state index is -0.394. The maximum atomic E-state index is 13.6. The number of hydrogen-bond acceptors (Lipinski definition) is 4. The maximum Gasteiger partial charge on any atom is 0.146 e. The number of nitrogens with one attached hydrogen (secondary N) is 1. The molecule has 6 heteroatoms. The topological polar surface area (TPSA) is 63.8 Å². The fourth-order valence-electron chi connectivity index (χ4n) is 1.80. The summed E-state index contributed by atoms with van der Waals surface area (Å²) >= 11 is 5.84. The summed E-state index contributed by atoms with van der Waals surface area (Å²) in [6.45, 7) is 0. The zero-order valence-corrected chi connectivity index (χ0v) is 10.8. The van der Waals surface area contributed by atoms with Gasteiger partial charge in [-0.1, -0.05) is 11.6 Å². The Bertz CT molecular complexity index is 628. The van der Waals surface area contributed by atoms with E-state index in [0.717, 1.165) is 12.8 Å². The number of anilines is 3. The van der Waals surface area contributed by atoms with Gasteiger partial charge >= 0.3 is 0 Å². The number of hydrogen-bond donors (Lipinski definition) is 2. The van der Waals surface area contributed by atoms with Gasteiger partial charge in [-0.15, -0.1) is 0 Å². The Morgan fingerprint density at radius 3 is 2.79 bits per heavy atom. The predicted octanol–water partition coefficient (Wildman–Crippen LogP) is 3.47. The van der Waals surface area contributed by atoms with Crippen molar-refractivity contribution in [3.8, 4) is 0 Å². The molecule has 0 atom stereocenters. The Labute approximate surface area is 114 Å². The molecule has 3 N–H and O–H groups in total. The van der Waals surface area contributed by atoms with Crippen LogP contribution in [0.15, 0.2) is 24.3 Å². The van der Waals surface area contributed by atoms with Gasteiger partial charge in [-0.25, -0.2) is 14.4 Å². The first-order valence-electron chi connectivity index (χ1n) is 5.98.